The lowest BCUT2D eigenvalue weighted by atomic mass is 10.1. The molecule has 0 fully saturated rings. The summed E-state index contributed by atoms with van der Waals surface area (Å²) in [5.41, 5.74) is 2.52. The van der Waals surface area contributed by atoms with Gasteiger partial charge < -0.3 is 4.98 Å². The van der Waals surface area contributed by atoms with Gasteiger partial charge in [0.2, 0.25) is 0 Å². The zero-order chi connectivity index (χ0) is 11.2. The summed E-state index contributed by atoms with van der Waals surface area (Å²) in [5, 5.41) is 1.35. The van der Waals surface area contributed by atoms with E-state index in [4.69, 9.17) is 11.6 Å². The topological polar surface area (TPSA) is 15.8 Å². The average Bonchev–Trinajstić information content (AvgIpc) is 2.52. The SMILES string of the molecule is CSc1c(C)[nH]c2c(Cl)cc(F)c(C)c12. The molecule has 1 aromatic heterocycles. The molecule has 2 rings (SSSR count). The van der Waals surface area contributed by atoms with Crippen molar-refractivity contribution in [2.45, 2.75) is 18.7 Å². The van der Waals surface area contributed by atoms with Gasteiger partial charge in [0.15, 0.2) is 0 Å². The molecule has 0 atom stereocenters. The number of nitrogens with one attached hydrogen (secondary N) is 1. The molecule has 0 radical (unpaired) electrons. The van der Waals surface area contributed by atoms with Crippen LogP contribution in [0.2, 0.25) is 5.02 Å². The number of halogens is 2. The summed E-state index contributed by atoms with van der Waals surface area (Å²) < 4.78 is 13.5. The van der Waals surface area contributed by atoms with E-state index in [-0.39, 0.29) is 5.82 Å². The van der Waals surface area contributed by atoms with E-state index < -0.39 is 0 Å². The molecule has 1 N–H and O–H groups in total. The van der Waals surface area contributed by atoms with Crippen molar-refractivity contribution in [2.24, 2.45) is 0 Å². The molecule has 0 aliphatic heterocycles. The molecular formula is C11H11ClFNS. The minimum absolute atomic E-state index is 0.248. The zero-order valence-corrected chi connectivity index (χ0v) is 10.3. The van der Waals surface area contributed by atoms with Crippen molar-refractivity contribution in [2.75, 3.05) is 6.26 Å². The quantitative estimate of drug-likeness (QED) is 0.739. The van der Waals surface area contributed by atoms with Crippen molar-refractivity contribution in [3.05, 3.63) is 28.2 Å². The molecule has 0 saturated carbocycles. The molecule has 0 spiro atoms. The van der Waals surface area contributed by atoms with Crippen molar-refractivity contribution >= 4 is 34.3 Å². The Hall–Kier alpha value is -0.670. The smallest absolute Gasteiger partial charge is 0.128 e. The number of benzene rings is 1. The van der Waals surface area contributed by atoms with Crippen LogP contribution in [0.5, 0.6) is 0 Å². The Bertz CT molecular complexity index is 533. The van der Waals surface area contributed by atoms with Crippen molar-refractivity contribution in [3.8, 4) is 0 Å². The standard InChI is InChI=1S/C11H11ClFNS/c1-5-8(13)4-7(12)10-9(5)11(15-3)6(2)14-10/h4,14H,1-3H3. The van der Waals surface area contributed by atoms with Gasteiger partial charge in [-0.2, -0.15) is 0 Å². The second-order valence-corrected chi connectivity index (χ2v) is 4.72. The summed E-state index contributed by atoms with van der Waals surface area (Å²) in [6.45, 7) is 3.75. The second kappa shape index (κ2) is 3.72. The van der Waals surface area contributed by atoms with E-state index in [1.54, 1.807) is 18.7 Å². The monoisotopic (exact) mass is 243 g/mol. The van der Waals surface area contributed by atoms with Gasteiger partial charge in [-0.3, -0.25) is 0 Å². The van der Waals surface area contributed by atoms with Crippen molar-refractivity contribution in [1.82, 2.24) is 4.98 Å². The molecular weight excluding hydrogens is 233 g/mol. The van der Waals surface area contributed by atoms with Gasteiger partial charge in [0, 0.05) is 16.0 Å². The van der Waals surface area contributed by atoms with E-state index >= 15 is 0 Å². The lowest BCUT2D eigenvalue weighted by Gasteiger charge is -2.02. The van der Waals surface area contributed by atoms with Gasteiger partial charge in [-0.05, 0) is 31.7 Å². The molecule has 1 nitrogen and oxygen atoms in total. The Balaban J connectivity index is 2.97. The Morgan fingerprint density at radius 3 is 2.67 bits per heavy atom. The Kier molecular flexibility index (Phi) is 2.69. The van der Waals surface area contributed by atoms with E-state index in [0.29, 0.717) is 10.6 Å². The molecule has 0 saturated heterocycles. The maximum absolute atomic E-state index is 13.5. The summed E-state index contributed by atoms with van der Waals surface area (Å²) in [4.78, 5) is 4.27. The lowest BCUT2D eigenvalue weighted by Crippen LogP contribution is -1.85. The third-order valence-corrected chi connectivity index (χ3v) is 3.78. The highest BCUT2D eigenvalue weighted by Crippen LogP contribution is 2.36. The van der Waals surface area contributed by atoms with E-state index in [2.05, 4.69) is 4.98 Å². The minimum Gasteiger partial charge on any atom is -0.356 e. The Morgan fingerprint density at radius 2 is 2.07 bits per heavy atom. The zero-order valence-electron chi connectivity index (χ0n) is 8.74. The van der Waals surface area contributed by atoms with E-state index in [1.807, 2.05) is 13.2 Å². The predicted molar refractivity (Wildman–Crippen MR) is 64.5 cm³/mol. The third-order valence-electron chi connectivity index (χ3n) is 2.56. The van der Waals surface area contributed by atoms with Crippen LogP contribution in [0, 0.1) is 19.7 Å². The highest BCUT2D eigenvalue weighted by molar-refractivity contribution is 7.98. The summed E-state index contributed by atoms with van der Waals surface area (Å²) in [7, 11) is 0. The van der Waals surface area contributed by atoms with Crippen LogP contribution >= 0.6 is 23.4 Å². The molecule has 4 heteroatoms. The fraction of sp³-hybridized carbons (Fsp3) is 0.273. The summed E-state index contributed by atoms with van der Waals surface area (Å²) in [5.74, 6) is -0.248. The molecule has 80 valence electrons. The van der Waals surface area contributed by atoms with Crippen LogP contribution in [-0.4, -0.2) is 11.2 Å². The maximum Gasteiger partial charge on any atom is 0.128 e. The van der Waals surface area contributed by atoms with Gasteiger partial charge in [-0.15, -0.1) is 11.8 Å². The normalized spacial score (nSPS) is 11.3. The highest BCUT2D eigenvalue weighted by atomic mass is 35.5. The van der Waals surface area contributed by atoms with E-state index in [1.165, 1.54) is 6.07 Å². The largest absolute Gasteiger partial charge is 0.356 e. The molecule has 1 heterocycles. The van der Waals surface area contributed by atoms with Gasteiger partial charge in [0.25, 0.3) is 0 Å². The van der Waals surface area contributed by atoms with Crippen molar-refractivity contribution < 1.29 is 4.39 Å². The molecule has 1 aromatic carbocycles. The van der Waals surface area contributed by atoms with E-state index in [0.717, 1.165) is 21.5 Å². The molecule has 0 bridgehead atoms. The number of rotatable bonds is 1. The van der Waals surface area contributed by atoms with Crippen molar-refractivity contribution in [1.29, 1.82) is 0 Å². The fourth-order valence-corrected chi connectivity index (χ4v) is 2.86. The number of H-pyrrole nitrogens is 1. The van der Waals surface area contributed by atoms with Crippen LogP contribution in [-0.2, 0) is 0 Å². The van der Waals surface area contributed by atoms with E-state index in [9.17, 15) is 4.39 Å². The van der Waals surface area contributed by atoms with Gasteiger partial charge in [-0.1, -0.05) is 11.6 Å². The number of aromatic amines is 1. The summed E-state index contributed by atoms with van der Waals surface area (Å²) in [6, 6.07) is 1.36. The molecule has 0 unspecified atom stereocenters. The predicted octanol–water partition coefficient (Wildman–Crippen LogP) is 4.30. The molecule has 15 heavy (non-hydrogen) atoms. The first-order valence-electron chi connectivity index (χ1n) is 4.57. The van der Waals surface area contributed by atoms with Crippen LogP contribution < -0.4 is 0 Å². The molecule has 0 amide bonds. The lowest BCUT2D eigenvalue weighted by molar-refractivity contribution is 0.621. The number of fused-ring (bicyclic) bond motifs is 1. The number of aromatic nitrogens is 1. The number of hydrogen-bond donors (Lipinski definition) is 1. The van der Waals surface area contributed by atoms with Gasteiger partial charge >= 0.3 is 0 Å². The van der Waals surface area contributed by atoms with Crippen LogP contribution in [0.1, 0.15) is 11.3 Å². The highest BCUT2D eigenvalue weighted by Gasteiger charge is 2.15. The second-order valence-electron chi connectivity index (χ2n) is 3.50. The molecule has 0 aliphatic carbocycles. The molecule has 2 aromatic rings. The van der Waals surface area contributed by atoms with Crippen LogP contribution in [0.15, 0.2) is 11.0 Å². The maximum atomic E-state index is 13.5. The first-order valence-corrected chi connectivity index (χ1v) is 6.17. The Labute approximate surface area is 97.0 Å². The molecule has 0 aliphatic rings. The van der Waals surface area contributed by atoms with Gasteiger partial charge in [-0.25, -0.2) is 4.39 Å². The van der Waals surface area contributed by atoms with Gasteiger partial charge in [0.1, 0.15) is 5.82 Å². The van der Waals surface area contributed by atoms with Crippen LogP contribution in [0.4, 0.5) is 4.39 Å². The van der Waals surface area contributed by atoms with Crippen molar-refractivity contribution in [3.63, 3.8) is 0 Å². The first-order chi connectivity index (χ1) is 7.06. The Morgan fingerprint density at radius 1 is 1.40 bits per heavy atom. The average molecular weight is 244 g/mol. The fourth-order valence-electron chi connectivity index (χ4n) is 1.81. The number of thioether (sulfide) groups is 1. The number of aryl methyl sites for hydroxylation is 2. The minimum atomic E-state index is -0.248. The van der Waals surface area contributed by atoms with Crippen LogP contribution in [0.3, 0.4) is 0 Å². The summed E-state index contributed by atoms with van der Waals surface area (Å²) >= 11 is 7.60. The van der Waals surface area contributed by atoms with Crippen LogP contribution in [0.25, 0.3) is 10.9 Å². The first kappa shape index (κ1) is 10.8. The summed E-state index contributed by atoms with van der Waals surface area (Å²) in [6.07, 6.45) is 1.98. The third kappa shape index (κ3) is 1.54. The number of hydrogen-bond acceptors (Lipinski definition) is 1. The van der Waals surface area contributed by atoms with Gasteiger partial charge in [0.05, 0.1) is 10.5 Å².